The summed E-state index contributed by atoms with van der Waals surface area (Å²) < 4.78 is 0. The van der Waals surface area contributed by atoms with Gasteiger partial charge in [-0.15, -0.1) is 11.3 Å². The van der Waals surface area contributed by atoms with E-state index in [0.717, 1.165) is 0 Å². The molecule has 3 heterocycles. The van der Waals surface area contributed by atoms with Gasteiger partial charge in [-0.05, 0) is 24.3 Å². The molecule has 2 N–H and O–H groups in total. The predicted octanol–water partition coefficient (Wildman–Crippen LogP) is 2.98. The van der Waals surface area contributed by atoms with Crippen LogP contribution in [0.25, 0.3) is 0 Å². The molecule has 0 spiro atoms. The van der Waals surface area contributed by atoms with Crippen molar-refractivity contribution in [3.8, 4) is 0 Å². The van der Waals surface area contributed by atoms with Gasteiger partial charge in [0.05, 0.1) is 11.4 Å². The average molecular weight is 229 g/mol. The van der Waals surface area contributed by atoms with Crippen molar-refractivity contribution in [1.29, 1.82) is 0 Å². The molecule has 0 amide bonds. The molecule has 0 saturated carbocycles. The van der Waals surface area contributed by atoms with Crippen LogP contribution in [0.15, 0.2) is 48.4 Å². The zero-order valence-corrected chi connectivity index (χ0v) is 9.37. The summed E-state index contributed by atoms with van der Waals surface area (Å²) in [6.07, 6.45) is 5.83. The van der Waals surface area contributed by atoms with E-state index in [9.17, 15) is 0 Å². The molecular formula is C12H11N3S. The van der Waals surface area contributed by atoms with E-state index < -0.39 is 0 Å². The monoisotopic (exact) mass is 229 g/mol. The first kappa shape index (κ1) is 9.42. The maximum absolute atomic E-state index is 4.15. The highest BCUT2D eigenvalue weighted by molar-refractivity contribution is 7.09. The number of thiazole rings is 1. The molecule has 3 aromatic rings. The molecule has 0 aliphatic carbocycles. The van der Waals surface area contributed by atoms with Crippen molar-refractivity contribution in [1.82, 2.24) is 15.0 Å². The van der Waals surface area contributed by atoms with Gasteiger partial charge >= 0.3 is 0 Å². The van der Waals surface area contributed by atoms with Gasteiger partial charge in [-0.1, -0.05) is 0 Å². The lowest BCUT2D eigenvalue weighted by molar-refractivity contribution is 0.913. The molecule has 4 heteroatoms. The second-order valence-electron chi connectivity index (χ2n) is 3.59. The normalized spacial score (nSPS) is 11.1. The van der Waals surface area contributed by atoms with Crippen molar-refractivity contribution in [2.75, 3.05) is 0 Å². The van der Waals surface area contributed by atoms with Crippen LogP contribution >= 0.6 is 11.3 Å². The van der Waals surface area contributed by atoms with Gasteiger partial charge < -0.3 is 9.97 Å². The minimum Gasteiger partial charge on any atom is -0.364 e. The summed E-state index contributed by atoms with van der Waals surface area (Å²) in [5.41, 5.74) is 4.24. The number of hydrogen-bond donors (Lipinski definition) is 2. The average Bonchev–Trinajstić information content (AvgIpc) is 3.02. The van der Waals surface area contributed by atoms with E-state index in [0.29, 0.717) is 0 Å². The number of aromatic nitrogens is 3. The summed E-state index contributed by atoms with van der Waals surface area (Å²) in [4.78, 5) is 11.9. The van der Waals surface area contributed by atoms with Crippen LogP contribution in [0.5, 0.6) is 0 Å². The lowest BCUT2D eigenvalue weighted by Gasteiger charge is -2.11. The molecule has 3 nitrogen and oxygen atoms in total. The summed E-state index contributed by atoms with van der Waals surface area (Å²) in [5, 5.41) is 0. The molecule has 0 fully saturated rings. The van der Waals surface area contributed by atoms with E-state index in [2.05, 4.69) is 27.1 Å². The summed E-state index contributed by atoms with van der Waals surface area (Å²) in [5.74, 6) is 0.234. The van der Waals surface area contributed by atoms with Crippen LogP contribution in [-0.4, -0.2) is 15.0 Å². The first-order valence-corrected chi connectivity index (χ1v) is 5.98. The number of rotatable bonds is 3. The zero-order valence-electron chi connectivity index (χ0n) is 8.55. The number of hydrogen-bond acceptors (Lipinski definition) is 2. The first-order chi connectivity index (χ1) is 7.95. The summed E-state index contributed by atoms with van der Waals surface area (Å²) in [6.45, 7) is 0. The van der Waals surface area contributed by atoms with Crippen LogP contribution in [0.4, 0.5) is 0 Å². The van der Waals surface area contributed by atoms with E-state index in [1.807, 2.05) is 36.2 Å². The van der Waals surface area contributed by atoms with Gasteiger partial charge in [0, 0.05) is 34.9 Å². The maximum Gasteiger partial charge on any atom is 0.0794 e. The van der Waals surface area contributed by atoms with Crippen molar-refractivity contribution >= 4 is 11.3 Å². The Balaban J connectivity index is 2.09. The quantitative estimate of drug-likeness (QED) is 0.712. The van der Waals surface area contributed by atoms with Crippen molar-refractivity contribution in [2.45, 2.75) is 5.92 Å². The number of H-pyrrole nitrogens is 2. The van der Waals surface area contributed by atoms with Gasteiger partial charge in [-0.25, -0.2) is 0 Å². The summed E-state index contributed by atoms with van der Waals surface area (Å²) >= 11 is 1.68. The second kappa shape index (κ2) is 3.98. The van der Waals surface area contributed by atoms with Crippen molar-refractivity contribution < 1.29 is 0 Å². The largest absolute Gasteiger partial charge is 0.364 e. The lowest BCUT2D eigenvalue weighted by Crippen LogP contribution is -2.01. The predicted molar refractivity (Wildman–Crippen MR) is 64.6 cm³/mol. The van der Waals surface area contributed by atoms with Crippen LogP contribution in [0.2, 0.25) is 0 Å². The Morgan fingerprint density at radius 3 is 2.19 bits per heavy atom. The highest BCUT2D eigenvalue weighted by Crippen LogP contribution is 2.31. The van der Waals surface area contributed by atoms with E-state index in [-0.39, 0.29) is 5.92 Å². The Bertz CT molecular complexity index is 441. The minimum absolute atomic E-state index is 0.234. The summed E-state index contributed by atoms with van der Waals surface area (Å²) in [7, 11) is 0. The molecule has 0 aliphatic heterocycles. The second-order valence-corrected chi connectivity index (χ2v) is 4.51. The SMILES string of the molecule is c1c[nH]c(C(c2ccc[nH]2)c2cncs2)c1. The van der Waals surface area contributed by atoms with Gasteiger partial charge in [-0.2, -0.15) is 0 Å². The highest BCUT2D eigenvalue weighted by atomic mass is 32.1. The van der Waals surface area contributed by atoms with Crippen LogP contribution in [0.3, 0.4) is 0 Å². The smallest absolute Gasteiger partial charge is 0.0794 e. The van der Waals surface area contributed by atoms with Crippen LogP contribution in [0.1, 0.15) is 22.2 Å². The molecule has 0 unspecified atom stereocenters. The van der Waals surface area contributed by atoms with Crippen LogP contribution in [-0.2, 0) is 0 Å². The van der Waals surface area contributed by atoms with Gasteiger partial charge in [0.15, 0.2) is 0 Å². The molecule has 0 saturated heterocycles. The van der Waals surface area contributed by atoms with E-state index in [1.54, 1.807) is 11.3 Å². The molecule has 80 valence electrons. The van der Waals surface area contributed by atoms with Gasteiger partial charge in [0.25, 0.3) is 0 Å². The minimum atomic E-state index is 0.234. The summed E-state index contributed by atoms with van der Waals surface area (Å²) in [6, 6.07) is 8.25. The van der Waals surface area contributed by atoms with E-state index >= 15 is 0 Å². The topological polar surface area (TPSA) is 44.5 Å². The van der Waals surface area contributed by atoms with Crippen molar-refractivity contribution in [3.05, 3.63) is 64.6 Å². The van der Waals surface area contributed by atoms with Crippen LogP contribution in [0, 0.1) is 0 Å². The maximum atomic E-state index is 4.15. The molecule has 0 atom stereocenters. The molecule has 0 aromatic carbocycles. The Kier molecular flexibility index (Phi) is 2.34. The molecule has 3 rings (SSSR count). The molecule has 0 bridgehead atoms. The molecule has 16 heavy (non-hydrogen) atoms. The Hall–Kier alpha value is -1.81. The standard InChI is InChI=1S/C12H11N3S/c1-3-9(14-5-1)12(10-4-2-6-15-10)11-7-13-8-16-11/h1-8,12,14-15H. The fraction of sp³-hybridized carbons (Fsp3) is 0.0833. The van der Waals surface area contributed by atoms with E-state index in [4.69, 9.17) is 0 Å². The Morgan fingerprint density at radius 1 is 1.06 bits per heavy atom. The third kappa shape index (κ3) is 1.57. The van der Waals surface area contributed by atoms with Gasteiger partial charge in [0.1, 0.15) is 0 Å². The number of nitrogens with zero attached hydrogens (tertiary/aromatic N) is 1. The highest BCUT2D eigenvalue weighted by Gasteiger charge is 2.19. The Labute approximate surface area is 97.2 Å². The fourth-order valence-corrected chi connectivity index (χ4v) is 2.64. The number of nitrogens with one attached hydrogen (secondary N) is 2. The first-order valence-electron chi connectivity index (χ1n) is 5.10. The lowest BCUT2D eigenvalue weighted by atomic mass is 10.0. The van der Waals surface area contributed by atoms with Crippen molar-refractivity contribution in [3.63, 3.8) is 0 Å². The van der Waals surface area contributed by atoms with Gasteiger partial charge in [-0.3, -0.25) is 4.98 Å². The fourth-order valence-electron chi connectivity index (χ4n) is 1.89. The molecule has 3 aromatic heterocycles. The third-order valence-electron chi connectivity index (χ3n) is 2.60. The van der Waals surface area contributed by atoms with Crippen molar-refractivity contribution in [2.24, 2.45) is 0 Å². The number of aromatic amines is 2. The third-order valence-corrected chi connectivity index (χ3v) is 3.44. The Morgan fingerprint density at radius 2 is 1.75 bits per heavy atom. The molecular weight excluding hydrogens is 218 g/mol. The van der Waals surface area contributed by atoms with Crippen LogP contribution < -0.4 is 0 Å². The van der Waals surface area contributed by atoms with Gasteiger partial charge in [0.2, 0.25) is 0 Å². The van der Waals surface area contributed by atoms with E-state index in [1.165, 1.54) is 16.3 Å². The zero-order chi connectivity index (χ0) is 10.8. The molecule has 0 aliphatic rings. The molecule has 0 radical (unpaired) electrons.